The summed E-state index contributed by atoms with van der Waals surface area (Å²) in [5.41, 5.74) is 2.87. The molecule has 3 aromatic rings. The first-order valence-electron chi connectivity index (χ1n) is 12.3. The Hall–Kier alpha value is -3.39. The van der Waals surface area contributed by atoms with E-state index in [9.17, 15) is 18.0 Å². The van der Waals surface area contributed by atoms with Crippen LogP contribution in [0, 0.1) is 5.92 Å². The second kappa shape index (κ2) is 10.3. The van der Waals surface area contributed by atoms with Crippen molar-refractivity contribution in [1.29, 1.82) is 0 Å². The fourth-order valence-electron chi connectivity index (χ4n) is 5.32. The number of amides is 1. The van der Waals surface area contributed by atoms with E-state index in [0.29, 0.717) is 25.2 Å². The van der Waals surface area contributed by atoms with Crippen LogP contribution in [-0.4, -0.2) is 48.0 Å². The molecule has 1 aromatic heterocycles. The monoisotopic (exact) mass is 494 g/mol. The van der Waals surface area contributed by atoms with Crippen LogP contribution < -0.4 is 10.2 Å². The maximum absolute atomic E-state index is 13.4. The number of carbonyl (C=O) groups excluding carboxylic acids is 1. The second-order valence-electron chi connectivity index (χ2n) is 9.53. The van der Waals surface area contributed by atoms with Crippen LogP contribution in [0.5, 0.6) is 0 Å². The first kappa shape index (κ1) is 24.3. The summed E-state index contributed by atoms with van der Waals surface area (Å²) in [5.74, 6) is -0.584. The molecule has 1 amide bonds. The Bertz CT molecular complexity index is 1190. The van der Waals surface area contributed by atoms with Gasteiger partial charge in [-0.1, -0.05) is 36.4 Å². The fourth-order valence-corrected chi connectivity index (χ4v) is 5.32. The minimum Gasteiger partial charge on any atom is -0.365 e. The number of nitrogens with one attached hydrogen (secondary N) is 1. The Labute approximate surface area is 208 Å². The van der Waals surface area contributed by atoms with Crippen LogP contribution in [0.15, 0.2) is 73.1 Å². The molecule has 2 aliphatic rings. The van der Waals surface area contributed by atoms with Crippen LogP contribution in [0.3, 0.4) is 0 Å². The molecule has 1 saturated heterocycles. The highest BCUT2D eigenvalue weighted by Crippen LogP contribution is 2.39. The summed E-state index contributed by atoms with van der Waals surface area (Å²) < 4.78 is 40.3. The Balaban J connectivity index is 1.36. The molecular weight excluding hydrogens is 465 g/mol. The van der Waals surface area contributed by atoms with Gasteiger partial charge in [-0.15, -0.1) is 0 Å². The number of halogens is 3. The van der Waals surface area contributed by atoms with Crippen LogP contribution in [-0.2, 0) is 30.4 Å². The van der Waals surface area contributed by atoms with Gasteiger partial charge in [0.05, 0.1) is 17.5 Å². The third-order valence-corrected chi connectivity index (χ3v) is 7.21. The normalized spacial score (nSPS) is 19.9. The van der Waals surface area contributed by atoms with Crippen molar-refractivity contribution in [1.82, 2.24) is 15.2 Å². The zero-order valence-corrected chi connectivity index (χ0v) is 19.9. The van der Waals surface area contributed by atoms with Crippen molar-refractivity contribution in [2.24, 2.45) is 5.92 Å². The third-order valence-electron chi connectivity index (χ3n) is 7.21. The van der Waals surface area contributed by atoms with E-state index in [1.54, 1.807) is 18.5 Å². The van der Waals surface area contributed by atoms with Gasteiger partial charge in [0, 0.05) is 50.8 Å². The standard InChI is InChI=1S/C28H29F3N4O/c29-28(30,31)23-8-9-25-22(15-23)16-24(27(36)33-18-21-7-4-11-32-17-21)26-19-34(13-14-35(25)26)12-10-20-5-2-1-3-6-20/h1-9,11,15,17,24,26H,10,12-14,16,18-19H2,(H,33,36)/t24-,26+/m0/s1. The lowest BCUT2D eigenvalue weighted by molar-refractivity contribution is -0.137. The van der Waals surface area contributed by atoms with Gasteiger partial charge in [0.2, 0.25) is 5.91 Å². The zero-order valence-electron chi connectivity index (χ0n) is 19.9. The van der Waals surface area contributed by atoms with E-state index in [0.717, 1.165) is 36.8 Å². The molecule has 3 heterocycles. The number of fused-ring (bicyclic) bond motifs is 3. The number of piperazine rings is 1. The number of nitrogens with zero attached hydrogens (tertiary/aromatic N) is 3. The van der Waals surface area contributed by atoms with Gasteiger partial charge in [0.15, 0.2) is 0 Å². The topological polar surface area (TPSA) is 48.5 Å². The number of hydrogen-bond donors (Lipinski definition) is 1. The van der Waals surface area contributed by atoms with Gasteiger partial charge in [-0.3, -0.25) is 14.7 Å². The molecule has 5 rings (SSSR count). The Kier molecular flexibility index (Phi) is 6.96. The van der Waals surface area contributed by atoms with E-state index in [-0.39, 0.29) is 18.4 Å². The summed E-state index contributed by atoms with van der Waals surface area (Å²) in [7, 11) is 0. The lowest BCUT2D eigenvalue weighted by Crippen LogP contribution is -2.61. The number of carbonyl (C=O) groups is 1. The van der Waals surface area contributed by atoms with E-state index in [1.165, 1.54) is 11.6 Å². The molecule has 2 aromatic carbocycles. The van der Waals surface area contributed by atoms with Gasteiger partial charge < -0.3 is 10.2 Å². The highest BCUT2D eigenvalue weighted by atomic mass is 19.4. The summed E-state index contributed by atoms with van der Waals surface area (Å²) >= 11 is 0. The number of benzene rings is 2. The van der Waals surface area contributed by atoms with Crippen molar-refractivity contribution in [3.63, 3.8) is 0 Å². The van der Waals surface area contributed by atoms with Crippen molar-refractivity contribution in [3.05, 3.63) is 95.3 Å². The van der Waals surface area contributed by atoms with Gasteiger partial charge in [-0.2, -0.15) is 13.2 Å². The predicted octanol–water partition coefficient (Wildman–Crippen LogP) is 4.32. The lowest BCUT2D eigenvalue weighted by Gasteiger charge is -2.49. The maximum Gasteiger partial charge on any atom is 0.416 e. The molecular formula is C28H29F3N4O. The van der Waals surface area contributed by atoms with E-state index in [2.05, 4.69) is 32.2 Å². The molecule has 188 valence electrons. The van der Waals surface area contributed by atoms with Gasteiger partial charge >= 0.3 is 6.18 Å². The molecule has 1 N–H and O–H groups in total. The SMILES string of the molecule is O=C(NCc1cccnc1)[C@H]1Cc2cc(C(F)(F)F)ccc2N2CCN(CCc3ccccc3)C[C@H]12. The van der Waals surface area contributed by atoms with Crippen LogP contribution in [0.1, 0.15) is 22.3 Å². The van der Waals surface area contributed by atoms with Crippen LogP contribution in [0.2, 0.25) is 0 Å². The number of pyridine rings is 1. The van der Waals surface area contributed by atoms with Crippen molar-refractivity contribution in [2.75, 3.05) is 31.1 Å². The summed E-state index contributed by atoms with van der Waals surface area (Å²) in [6.07, 6.45) is 0.151. The summed E-state index contributed by atoms with van der Waals surface area (Å²) in [6.45, 7) is 3.37. The van der Waals surface area contributed by atoms with Crippen LogP contribution in [0.25, 0.3) is 0 Å². The fraction of sp³-hybridized carbons (Fsp3) is 0.357. The highest BCUT2D eigenvalue weighted by Gasteiger charge is 2.42. The van der Waals surface area contributed by atoms with Crippen molar-refractivity contribution in [3.8, 4) is 0 Å². The predicted molar refractivity (Wildman–Crippen MR) is 132 cm³/mol. The van der Waals surface area contributed by atoms with Crippen LogP contribution >= 0.6 is 0 Å². The average molecular weight is 495 g/mol. The van der Waals surface area contributed by atoms with Gasteiger partial charge in [-0.25, -0.2) is 0 Å². The molecule has 2 atom stereocenters. The molecule has 0 unspecified atom stereocenters. The molecule has 0 radical (unpaired) electrons. The Morgan fingerprint density at radius 3 is 2.58 bits per heavy atom. The first-order valence-corrected chi connectivity index (χ1v) is 12.3. The van der Waals surface area contributed by atoms with E-state index < -0.39 is 17.7 Å². The smallest absolute Gasteiger partial charge is 0.365 e. The van der Waals surface area contributed by atoms with Gasteiger partial charge in [-0.05, 0) is 53.8 Å². The van der Waals surface area contributed by atoms with Crippen molar-refractivity contribution in [2.45, 2.75) is 31.6 Å². The molecule has 0 spiro atoms. The third kappa shape index (κ3) is 5.38. The molecule has 8 heteroatoms. The molecule has 2 aliphatic heterocycles. The number of aromatic nitrogens is 1. The zero-order chi connectivity index (χ0) is 25.1. The van der Waals surface area contributed by atoms with E-state index >= 15 is 0 Å². The Morgan fingerprint density at radius 1 is 1.03 bits per heavy atom. The van der Waals surface area contributed by atoms with Gasteiger partial charge in [0.25, 0.3) is 0 Å². The minimum absolute atomic E-state index is 0.104. The summed E-state index contributed by atoms with van der Waals surface area (Å²) in [6, 6.07) is 17.8. The van der Waals surface area contributed by atoms with Crippen molar-refractivity contribution >= 4 is 11.6 Å². The lowest BCUT2D eigenvalue weighted by atomic mass is 9.82. The molecule has 1 fully saturated rings. The van der Waals surface area contributed by atoms with Gasteiger partial charge in [0.1, 0.15) is 0 Å². The molecule has 36 heavy (non-hydrogen) atoms. The summed E-state index contributed by atoms with van der Waals surface area (Å²) in [5, 5.41) is 3.00. The van der Waals surface area contributed by atoms with E-state index in [1.807, 2.05) is 30.3 Å². The van der Waals surface area contributed by atoms with E-state index in [4.69, 9.17) is 0 Å². The van der Waals surface area contributed by atoms with Crippen molar-refractivity contribution < 1.29 is 18.0 Å². The summed E-state index contributed by atoms with van der Waals surface area (Å²) in [4.78, 5) is 22.0. The highest BCUT2D eigenvalue weighted by molar-refractivity contribution is 5.82. The Morgan fingerprint density at radius 2 is 1.83 bits per heavy atom. The number of alkyl halides is 3. The minimum atomic E-state index is -4.42. The van der Waals surface area contributed by atoms with Crippen LogP contribution in [0.4, 0.5) is 18.9 Å². The first-order chi connectivity index (χ1) is 17.4. The number of anilines is 1. The largest absolute Gasteiger partial charge is 0.416 e. The molecule has 0 saturated carbocycles. The average Bonchev–Trinajstić information content (AvgIpc) is 2.90. The maximum atomic E-state index is 13.4. The number of hydrogen-bond acceptors (Lipinski definition) is 4. The molecule has 0 bridgehead atoms. The molecule has 0 aliphatic carbocycles. The number of rotatable bonds is 6. The molecule has 5 nitrogen and oxygen atoms in total. The second-order valence-corrected chi connectivity index (χ2v) is 9.53. The quantitative estimate of drug-likeness (QED) is 0.555.